The molecule has 21 heavy (non-hydrogen) atoms. The number of nitrogens with zero attached hydrogens (tertiary/aromatic N) is 2. The van der Waals surface area contributed by atoms with Gasteiger partial charge in [-0.15, -0.1) is 0 Å². The zero-order chi connectivity index (χ0) is 14.8. The SMILES string of the molecule is CCn1c(CC(N)c2ccc(I)cc2)nc2ccccc21. The molecule has 0 saturated carbocycles. The summed E-state index contributed by atoms with van der Waals surface area (Å²) in [4.78, 5) is 4.75. The van der Waals surface area contributed by atoms with Crippen LogP contribution in [0.2, 0.25) is 0 Å². The van der Waals surface area contributed by atoms with E-state index in [1.807, 2.05) is 6.07 Å². The molecule has 0 saturated heterocycles. The van der Waals surface area contributed by atoms with Crippen LogP contribution < -0.4 is 5.73 Å². The Morgan fingerprint density at radius 3 is 2.57 bits per heavy atom. The summed E-state index contributed by atoms with van der Waals surface area (Å²) in [6.07, 6.45) is 0.753. The van der Waals surface area contributed by atoms with Gasteiger partial charge in [0.25, 0.3) is 0 Å². The van der Waals surface area contributed by atoms with Gasteiger partial charge in [-0.25, -0.2) is 4.98 Å². The fourth-order valence-corrected chi connectivity index (χ4v) is 3.02. The number of benzene rings is 2. The first-order chi connectivity index (χ1) is 10.2. The Kier molecular flexibility index (Phi) is 4.26. The molecule has 0 bridgehead atoms. The highest BCUT2D eigenvalue weighted by atomic mass is 127. The molecule has 108 valence electrons. The third-order valence-corrected chi connectivity index (χ3v) is 4.47. The van der Waals surface area contributed by atoms with Gasteiger partial charge < -0.3 is 10.3 Å². The molecule has 3 aromatic rings. The standard InChI is InChI=1S/C17H18IN3/c1-2-21-16-6-4-3-5-15(16)20-17(21)11-14(19)12-7-9-13(18)10-8-12/h3-10,14H,2,11,19H2,1H3. The Hall–Kier alpha value is -1.40. The highest BCUT2D eigenvalue weighted by Gasteiger charge is 2.14. The smallest absolute Gasteiger partial charge is 0.111 e. The van der Waals surface area contributed by atoms with Crippen LogP contribution in [0.25, 0.3) is 11.0 Å². The van der Waals surface area contributed by atoms with Gasteiger partial charge in [0.05, 0.1) is 11.0 Å². The van der Waals surface area contributed by atoms with Gasteiger partial charge in [-0.05, 0) is 59.3 Å². The van der Waals surface area contributed by atoms with Crippen LogP contribution in [-0.2, 0) is 13.0 Å². The minimum absolute atomic E-state index is 0.0240. The summed E-state index contributed by atoms with van der Waals surface area (Å²) in [5, 5.41) is 0. The van der Waals surface area contributed by atoms with Gasteiger partial charge in [-0.2, -0.15) is 0 Å². The first-order valence-corrected chi connectivity index (χ1v) is 8.22. The Morgan fingerprint density at radius 2 is 1.86 bits per heavy atom. The third kappa shape index (κ3) is 2.96. The summed E-state index contributed by atoms with van der Waals surface area (Å²) in [5.74, 6) is 1.06. The number of hydrogen-bond donors (Lipinski definition) is 1. The van der Waals surface area contributed by atoms with Crippen molar-refractivity contribution in [2.24, 2.45) is 5.73 Å². The summed E-state index contributed by atoms with van der Waals surface area (Å²) < 4.78 is 3.48. The van der Waals surface area contributed by atoms with Crippen molar-refractivity contribution < 1.29 is 0 Å². The van der Waals surface area contributed by atoms with Crippen molar-refractivity contribution in [1.82, 2.24) is 9.55 Å². The third-order valence-electron chi connectivity index (χ3n) is 3.75. The quantitative estimate of drug-likeness (QED) is 0.686. The van der Waals surface area contributed by atoms with Crippen molar-refractivity contribution in [3.05, 3.63) is 63.5 Å². The second kappa shape index (κ2) is 6.15. The van der Waals surface area contributed by atoms with E-state index in [0.29, 0.717) is 0 Å². The van der Waals surface area contributed by atoms with Crippen LogP contribution in [-0.4, -0.2) is 9.55 Å². The summed E-state index contributed by atoms with van der Waals surface area (Å²) in [6.45, 7) is 3.06. The zero-order valence-electron chi connectivity index (χ0n) is 12.0. The predicted molar refractivity (Wildman–Crippen MR) is 95.2 cm³/mol. The van der Waals surface area contributed by atoms with Crippen molar-refractivity contribution in [3.8, 4) is 0 Å². The average molecular weight is 391 g/mol. The lowest BCUT2D eigenvalue weighted by molar-refractivity contribution is 0.637. The van der Waals surface area contributed by atoms with Gasteiger partial charge in [-0.3, -0.25) is 0 Å². The first kappa shape index (κ1) is 14.5. The van der Waals surface area contributed by atoms with E-state index in [2.05, 4.69) is 76.5 Å². The molecule has 0 aliphatic rings. The van der Waals surface area contributed by atoms with E-state index in [-0.39, 0.29) is 6.04 Å². The maximum atomic E-state index is 6.37. The Labute approximate surface area is 138 Å². The van der Waals surface area contributed by atoms with Crippen LogP contribution in [0.4, 0.5) is 0 Å². The van der Waals surface area contributed by atoms with E-state index in [9.17, 15) is 0 Å². The molecule has 3 rings (SSSR count). The molecule has 4 heteroatoms. The molecule has 1 unspecified atom stereocenters. The second-order valence-electron chi connectivity index (χ2n) is 5.12. The van der Waals surface area contributed by atoms with Crippen molar-refractivity contribution >= 4 is 33.6 Å². The Bertz CT molecular complexity index is 746. The highest BCUT2D eigenvalue weighted by molar-refractivity contribution is 14.1. The maximum Gasteiger partial charge on any atom is 0.111 e. The lowest BCUT2D eigenvalue weighted by atomic mass is 10.0. The minimum Gasteiger partial charge on any atom is -0.328 e. The molecule has 3 nitrogen and oxygen atoms in total. The van der Waals surface area contributed by atoms with Crippen LogP contribution >= 0.6 is 22.6 Å². The number of hydrogen-bond acceptors (Lipinski definition) is 2. The summed E-state index contributed by atoms with van der Waals surface area (Å²) in [5.41, 5.74) is 9.75. The van der Waals surface area contributed by atoms with Crippen molar-refractivity contribution in [3.63, 3.8) is 0 Å². The number of fused-ring (bicyclic) bond motifs is 1. The second-order valence-corrected chi connectivity index (χ2v) is 6.37. The van der Waals surface area contributed by atoms with Gasteiger partial charge in [0.1, 0.15) is 5.82 Å². The minimum atomic E-state index is -0.0240. The fourth-order valence-electron chi connectivity index (χ4n) is 2.66. The molecule has 2 aromatic carbocycles. The molecule has 0 aliphatic carbocycles. The van der Waals surface area contributed by atoms with Crippen molar-refractivity contribution in [2.45, 2.75) is 25.9 Å². The van der Waals surface area contributed by atoms with Crippen LogP contribution in [0.3, 0.4) is 0 Å². The maximum absolute atomic E-state index is 6.37. The van der Waals surface area contributed by atoms with E-state index in [4.69, 9.17) is 10.7 Å². The predicted octanol–water partition coefficient (Wildman–Crippen LogP) is 3.90. The van der Waals surface area contributed by atoms with Crippen LogP contribution in [0, 0.1) is 3.57 Å². The largest absolute Gasteiger partial charge is 0.328 e. The Balaban J connectivity index is 1.92. The lowest BCUT2D eigenvalue weighted by Crippen LogP contribution is -2.16. The van der Waals surface area contributed by atoms with E-state index >= 15 is 0 Å². The van der Waals surface area contributed by atoms with E-state index < -0.39 is 0 Å². The molecule has 1 atom stereocenters. The van der Waals surface area contributed by atoms with Crippen LogP contribution in [0.15, 0.2) is 48.5 Å². The van der Waals surface area contributed by atoms with E-state index in [1.54, 1.807) is 0 Å². The first-order valence-electron chi connectivity index (χ1n) is 7.14. The zero-order valence-corrected chi connectivity index (χ0v) is 14.1. The monoisotopic (exact) mass is 391 g/mol. The topological polar surface area (TPSA) is 43.8 Å². The fraction of sp³-hybridized carbons (Fsp3) is 0.235. The van der Waals surface area contributed by atoms with E-state index in [1.165, 1.54) is 9.09 Å². The number of imidazole rings is 1. The van der Waals surface area contributed by atoms with Gasteiger partial charge in [-0.1, -0.05) is 24.3 Å². The number of aromatic nitrogens is 2. The van der Waals surface area contributed by atoms with Gasteiger partial charge in [0.15, 0.2) is 0 Å². The number of aryl methyl sites for hydroxylation is 1. The molecule has 2 N–H and O–H groups in total. The molecular formula is C17H18IN3. The average Bonchev–Trinajstić information content (AvgIpc) is 2.84. The number of para-hydroxylation sites is 2. The molecule has 0 amide bonds. The van der Waals surface area contributed by atoms with Crippen molar-refractivity contribution in [2.75, 3.05) is 0 Å². The van der Waals surface area contributed by atoms with Gasteiger partial charge in [0, 0.05) is 22.6 Å². The molecule has 0 aliphatic heterocycles. The van der Waals surface area contributed by atoms with Crippen molar-refractivity contribution in [1.29, 1.82) is 0 Å². The highest BCUT2D eigenvalue weighted by Crippen LogP contribution is 2.21. The van der Waals surface area contributed by atoms with Crippen LogP contribution in [0.1, 0.15) is 24.4 Å². The van der Waals surface area contributed by atoms with E-state index in [0.717, 1.165) is 29.9 Å². The molecule has 0 fully saturated rings. The molecule has 1 aromatic heterocycles. The summed E-state index contributed by atoms with van der Waals surface area (Å²) in [7, 11) is 0. The normalized spacial score (nSPS) is 12.7. The lowest BCUT2D eigenvalue weighted by Gasteiger charge is -2.13. The summed E-state index contributed by atoms with van der Waals surface area (Å²) in [6, 6.07) is 16.6. The number of halogens is 1. The molecule has 1 heterocycles. The molecule has 0 spiro atoms. The summed E-state index contributed by atoms with van der Waals surface area (Å²) >= 11 is 2.31. The van der Waals surface area contributed by atoms with Gasteiger partial charge >= 0.3 is 0 Å². The molecular weight excluding hydrogens is 373 g/mol. The van der Waals surface area contributed by atoms with Crippen LogP contribution in [0.5, 0.6) is 0 Å². The molecule has 0 radical (unpaired) electrons. The Morgan fingerprint density at radius 1 is 1.14 bits per heavy atom. The number of rotatable bonds is 4. The van der Waals surface area contributed by atoms with Gasteiger partial charge in [0.2, 0.25) is 0 Å². The number of nitrogens with two attached hydrogens (primary N) is 1.